The van der Waals surface area contributed by atoms with E-state index in [1.54, 1.807) is 6.08 Å². The van der Waals surface area contributed by atoms with Gasteiger partial charge in [0.25, 0.3) is 0 Å². The predicted octanol–water partition coefficient (Wildman–Crippen LogP) is 1.56. The fourth-order valence-corrected chi connectivity index (χ4v) is 0.691. The van der Waals surface area contributed by atoms with Gasteiger partial charge in [0, 0.05) is 13.1 Å². The van der Waals surface area contributed by atoms with Crippen LogP contribution >= 0.6 is 0 Å². The van der Waals surface area contributed by atoms with Crippen molar-refractivity contribution >= 4 is 6.09 Å². The van der Waals surface area contributed by atoms with Crippen LogP contribution in [0.25, 0.3) is 0 Å². The van der Waals surface area contributed by atoms with Crippen molar-refractivity contribution in [3.05, 3.63) is 12.7 Å². The van der Waals surface area contributed by atoms with Gasteiger partial charge in [-0.1, -0.05) is 13.0 Å². The summed E-state index contributed by atoms with van der Waals surface area (Å²) in [4.78, 5) is 11.7. The van der Waals surface area contributed by atoms with Gasteiger partial charge in [-0.15, -0.1) is 6.58 Å². The van der Waals surface area contributed by atoms with Gasteiger partial charge >= 0.3 is 6.09 Å². The van der Waals surface area contributed by atoms with Crippen molar-refractivity contribution in [2.45, 2.75) is 13.3 Å². The van der Waals surface area contributed by atoms with Crippen LogP contribution in [0.4, 0.5) is 4.79 Å². The Morgan fingerprint density at radius 1 is 1.80 bits per heavy atom. The molecule has 0 aromatic carbocycles. The van der Waals surface area contributed by atoms with Crippen molar-refractivity contribution in [2.75, 3.05) is 13.1 Å². The Morgan fingerprint density at radius 2 is 2.40 bits per heavy atom. The molecule has 1 N–H and O–H groups in total. The van der Waals surface area contributed by atoms with E-state index < -0.39 is 6.09 Å². The normalized spacial score (nSPS) is 8.90. The van der Waals surface area contributed by atoms with Crippen LogP contribution < -0.4 is 0 Å². The number of amides is 1. The summed E-state index contributed by atoms with van der Waals surface area (Å²) >= 11 is 0. The van der Waals surface area contributed by atoms with Gasteiger partial charge < -0.3 is 10.0 Å². The van der Waals surface area contributed by atoms with Crippen LogP contribution in [0.15, 0.2) is 12.7 Å². The fraction of sp³-hybridized carbons (Fsp3) is 0.571. The molecule has 58 valence electrons. The Balaban J connectivity index is 3.71. The Bertz CT molecular complexity index is 123. The lowest BCUT2D eigenvalue weighted by Gasteiger charge is -2.14. The topological polar surface area (TPSA) is 40.5 Å². The SMILES string of the molecule is C=CCN(CCC)C(=O)O. The van der Waals surface area contributed by atoms with Crippen molar-refractivity contribution in [3.63, 3.8) is 0 Å². The summed E-state index contributed by atoms with van der Waals surface area (Å²) in [5.41, 5.74) is 0. The Hall–Kier alpha value is -0.990. The van der Waals surface area contributed by atoms with E-state index in [-0.39, 0.29) is 0 Å². The van der Waals surface area contributed by atoms with E-state index in [1.165, 1.54) is 4.90 Å². The number of rotatable bonds is 4. The number of hydrogen-bond donors (Lipinski definition) is 1. The Kier molecular flexibility index (Phi) is 4.37. The molecule has 0 rings (SSSR count). The van der Waals surface area contributed by atoms with Crippen LogP contribution in [0.1, 0.15) is 13.3 Å². The molecule has 0 aromatic rings. The molecule has 0 saturated carbocycles. The first-order valence-corrected chi connectivity index (χ1v) is 3.31. The Labute approximate surface area is 61.0 Å². The zero-order valence-corrected chi connectivity index (χ0v) is 6.21. The summed E-state index contributed by atoms with van der Waals surface area (Å²) in [6.07, 6.45) is 1.56. The average Bonchev–Trinajstić information content (AvgIpc) is 1.87. The van der Waals surface area contributed by atoms with Gasteiger partial charge in [0.05, 0.1) is 0 Å². The van der Waals surface area contributed by atoms with Gasteiger partial charge in [0.2, 0.25) is 0 Å². The van der Waals surface area contributed by atoms with Gasteiger partial charge in [-0.3, -0.25) is 0 Å². The van der Waals surface area contributed by atoms with E-state index in [9.17, 15) is 4.79 Å². The molecule has 0 aromatic heterocycles. The van der Waals surface area contributed by atoms with Crippen molar-refractivity contribution in [1.29, 1.82) is 0 Å². The van der Waals surface area contributed by atoms with E-state index in [2.05, 4.69) is 6.58 Å². The van der Waals surface area contributed by atoms with Crippen LogP contribution in [-0.2, 0) is 0 Å². The maximum atomic E-state index is 10.4. The van der Waals surface area contributed by atoms with Gasteiger partial charge in [-0.2, -0.15) is 0 Å². The highest BCUT2D eigenvalue weighted by Gasteiger charge is 2.06. The lowest BCUT2D eigenvalue weighted by molar-refractivity contribution is 0.150. The maximum Gasteiger partial charge on any atom is 0.407 e. The summed E-state index contributed by atoms with van der Waals surface area (Å²) in [6, 6.07) is 0. The molecular weight excluding hydrogens is 130 g/mol. The number of hydrogen-bond acceptors (Lipinski definition) is 1. The minimum absolute atomic E-state index is 0.420. The minimum atomic E-state index is -0.873. The maximum absolute atomic E-state index is 10.4. The van der Waals surface area contributed by atoms with E-state index in [0.717, 1.165) is 6.42 Å². The van der Waals surface area contributed by atoms with Crippen molar-refractivity contribution in [3.8, 4) is 0 Å². The lowest BCUT2D eigenvalue weighted by atomic mass is 10.4. The molecule has 0 fully saturated rings. The second kappa shape index (κ2) is 4.85. The first kappa shape index (κ1) is 9.01. The summed E-state index contributed by atoms with van der Waals surface area (Å²) < 4.78 is 0. The highest BCUT2D eigenvalue weighted by molar-refractivity contribution is 5.65. The largest absolute Gasteiger partial charge is 0.465 e. The number of carboxylic acid groups (broad SMARTS) is 1. The zero-order valence-electron chi connectivity index (χ0n) is 6.21. The van der Waals surface area contributed by atoms with Crippen molar-refractivity contribution in [1.82, 2.24) is 4.90 Å². The minimum Gasteiger partial charge on any atom is -0.465 e. The molecule has 3 heteroatoms. The standard InChI is InChI=1S/C7H13NO2/c1-3-5-8(6-4-2)7(9)10/h3H,1,4-6H2,2H3,(H,9,10). The molecule has 0 heterocycles. The number of nitrogens with zero attached hydrogens (tertiary/aromatic N) is 1. The molecule has 3 nitrogen and oxygen atoms in total. The summed E-state index contributed by atoms with van der Waals surface area (Å²) in [7, 11) is 0. The van der Waals surface area contributed by atoms with Gasteiger partial charge in [-0.05, 0) is 6.42 Å². The smallest absolute Gasteiger partial charge is 0.407 e. The van der Waals surface area contributed by atoms with E-state index in [4.69, 9.17) is 5.11 Å². The third kappa shape index (κ3) is 3.12. The van der Waals surface area contributed by atoms with E-state index >= 15 is 0 Å². The molecule has 0 saturated heterocycles. The average molecular weight is 143 g/mol. The summed E-state index contributed by atoms with van der Waals surface area (Å²) in [6.45, 7) is 6.41. The molecule has 1 amide bonds. The van der Waals surface area contributed by atoms with E-state index in [0.29, 0.717) is 13.1 Å². The van der Waals surface area contributed by atoms with E-state index in [1.807, 2.05) is 6.92 Å². The van der Waals surface area contributed by atoms with Gasteiger partial charge in [0.15, 0.2) is 0 Å². The first-order valence-electron chi connectivity index (χ1n) is 3.31. The summed E-state index contributed by atoms with van der Waals surface area (Å²) in [5, 5.41) is 8.51. The van der Waals surface area contributed by atoms with Crippen LogP contribution in [0.5, 0.6) is 0 Å². The van der Waals surface area contributed by atoms with Gasteiger partial charge in [-0.25, -0.2) is 4.79 Å². The molecule has 0 aliphatic carbocycles. The first-order chi connectivity index (χ1) is 4.72. The predicted molar refractivity (Wildman–Crippen MR) is 40.1 cm³/mol. The highest BCUT2D eigenvalue weighted by atomic mass is 16.4. The lowest BCUT2D eigenvalue weighted by Crippen LogP contribution is -2.30. The van der Waals surface area contributed by atoms with Crippen LogP contribution in [-0.4, -0.2) is 29.2 Å². The second-order valence-electron chi connectivity index (χ2n) is 2.02. The molecule has 10 heavy (non-hydrogen) atoms. The zero-order chi connectivity index (χ0) is 7.98. The van der Waals surface area contributed by atoms with Crippen LogP contribution in [0.2, 0.25) is 0 Å². The second-order valence-corrected chi connectivity index (χ2v) is 2.02. The van der Waals surface area contributed by atoms with Crippen LogP contribution in [0.3, 0.4) is 0 Å². The third-order valence-electron chi connectivity index (χ3n) is 1.11. The van der Waals surface area contributed by atoms with Crippen molar-refractivity contribution in [2.24, 2.45) is 0 Å². The molecule has 0 spiro atoms. The Morgan fingerprint density at radius 3 is 2.70 bits per heavy atom. The fourth-order valence-electron chi connectivity index (χ4n) is 0.691. The number of carbonyl (C=O) groups is 1. The molecule has 0 bridgehead atoms. The van der Waals surface area contributed by atoms with Gasteiger partial charge in [0.1, 0.15) is 0 Å². The quantitative estimate of drug-likeness (QED) is 0.607. The van der Waals surface area contributed by atoms with Crippen LogP contribution in [0, 0.1) is 0 Å². The van der Waals surface area contributed by atoms with Crippen molar-refractivity contribution < 1.29 is 9.90 Å². The molecule has 0 radical (unpaired) electrons. The molecule has 0 unspecified atom stereocenters. The molecule has 0 aliphatic rings. The molecule has 0 aliphatic heterocycles. The highest BCUT2D eigenvalue weighted by Crippen LogP contribution is 1.91. The summed E-state index contributed by atoms with van der Waals surface area (Å²) in [5.74, 6) is 0. The monoisotopic (exact) mass is 143 g/mol. The molecular formula is C7H13NO2. The third-order valence-corrected chi connectivity index (χ3v) is 1.11. The molecule has 0 atom stereocenters.